The molecule has 0 radical (unpaired) electrons. The van der Waals surface area contributed by atoms with E-state index in [-0.39, 0.29) is 6.61 Å². The Morgan fingerprint density at radius 3 is 2.81 bits per heavy atom. The topological polar surface area (TPSA) is 99.9 Å². The molecule has 0 amide bonds. The fraction of sp³-hybridized carbons (Fsp3) is 0.400. The van der Waals surface area contributed by atoms with Crippen LogP contribution in [0.1, 0.15) is 30.4 Å². The maximum Gasteiger partial charge on any atom is 0.158 e. The van der Waals surface area contributed by atoms with E-state index in [2.05, 4.69) is 40.6 Å². The second-order valence-corrected chi connectivity index (χ2v) is 6.60. The zero-order chi connectivity index (χ0) is 18.4. The zero-order valence-corrected chi connectivity index (χ0v) is 15.3. The van der Waals surface area contributed by atoms with Crippen molar-refractivity contribution in [1.82, 2.24) is 20.5 Å². The SMILES string of the molecule is Cc1ccccc1-c1cc(CCNCCCCCO)c2c(N)n[nH]c2n1. The Hall–Kier alpha value is -2.44. The highest BCUT2D eigenvalue weighted by molar-refractivity contribution is 5.91. The number of nitrogens with two attached hydrogens (primary N) is 1. The fourth-order valence-electron chi connectivity index (χ4n) is 3.22. The molecule has 3 aromatic rings. The molecule has 2 aromatic heterocycles. The summed E-state index contributed by atoms with van der Waals surface area (Å²) < 4.78 is 0. The number of hydrogen-bond donors (Lipinski definition) is 4. The number of aromatic amines is 1. The molecule has 26 heavy (non-hydrogen) atoms. The molecule has 6 heteroatoms. The molecule has 3 rings (SSSR count). The molecule has 6 nitrogen and oxygen atoms in total. The van der Waals surface area contributed by atoms with Gasteiger partial charge >= 0.3 is 0 Å². The van der Waals surface area contributed by atoms with Gasteiger partial charge in [0.05, 0.1) is 11.1 Å². The van der Waals surface area contributed by atoms with Crippen molar-refractivity contribution >= 4 is 16.9 Å². The molecule has 2 heterocycles. The van der Waals surface area contributed by atoms with Crippen molar-refractivity contribution in [2.75, 3.05) is 25.4 Å². The molecule has 1 aromatic carbocycles. The minimum Gasteiger partial charge on any atom is -0.396 e. The van der Waals surface area contributed by atoms with Crippen molar-refractivity contribution < 1.29 is 5.11 Å². The number of aryl methyl sites for hydroxylation is 1. The van der Waals surface area contributed by atoms with Crippen LogP contribution in [0.5, 0.6) is 0 Å². The largest absolute Gasteiger partial charge is 0.396 e. The molecular weight excluding hydrogens is 326 g/mol. The predicted molar refractivity (Wildman–Crippen MR) is 106 cm³/mol. The maximum atomic E-state index is 8.82. The first-order valence-corrected chi connectivity index (χ1v) is 9.21. The molecule has 0 spiro atoms. The Kier molecular flexibility index (Phi) is 6.20. The molecule has 0 aliphatic rings. The van der Waals surface area contributed by atoms with Gasteiger partial charge in [0.15, 0.2) is 11.5 Å². The lowest BCUT2D eigenvalue weighted by Crippen LogP contribution is -2.18. The van der Waals surface area contributed by atoms with Crippen LogP contribution in [0.3, 0.4) is 0 Å². The number of aliphatic hydroxyl groups is 1. The Balaban J connectivity index is 1.77. The third-order valence-corrected chi connectivity index (χ3v) is 4.64. The second kappa shape index (κ2) is 8.78. The first-order chi connectivity index (χ1) is 12.7. The molecule has 0 saturated heterocycles. The van der Waals surface area contributed by atoms with Gasteiger partial charge in [0.25, 0.3) is 0 Å². The van der Waals surface area contributed by atoms with Gasteiger partial charge in [-0.05, 0) is 62.9 Å². The quantitative estimate of drug-likeness (QED) is 0.443. The van der Waals surface area contributed by atoms with Crippen LogP contribution in [0.15, 0.2) is 30.3 Å². The number of anilines is 1. The molecule has 0 fully saturated rings. The number of aromatic nitrogens is 3. The maximum absolute atomic E-state index is 8.82. The van der Waals surface area contributed by atoms with Crippen LogP contribution >= 0.6 is 0 Å². The molecule has 0 aliphatic carbocycles. The van der Waals surface area contributed by atoms with E-state index in [9.17, 15) is 0 Å². The molecule has 0 unspecified atom stereocenters. The monoisotopic (exact) mass is 353 g/mol. The highest BCUT2D eigenvalue weighted by atomic mass is 16.2. The molecule has 0 aliphatic heterocycles. The van der Waals surface area contributed by atoms with Gasteiger partial charge in [0.2, 0.25) is 0 Å². The number of H-pyrrole nitrogens is 1. The van der Waals surface area contributed by atoms with Crippen molar-refractivity contribution in [3.63, 3.8) is 0 Å². The summed E-state index contributed by atoms with van der Waals surface area (Å²) in [5.41, 5.74) is 11.2. The number of nitrogen functional groups attached to an aromatic ring is 1. The standard InChI is InChI=1S/C20H27N5O/c1-14-7-3-4-8-16(14)17-13-15(9-11-22-10-5-2-6-12-26)18-19(21)24-25-20(18)23-17/h3-4,7-8,13,22,26H,2,5-6,9-12H2,1H3,(H3,21,23,24,25). The van der Waals surface area contributed by atoms with Gasteiger partial charge in [-0.2, -0.15) is 5.10 Å². The fourth-order valence-corrected chi connectivity index (χ4v) is 3.22. The van der Waals surface area contributed by atoms with Crippen molar-refractivity contribution in [3.05, 3.63) is 41.5 Å². The second-order valence-electron chi connectivity index (χ2n) is 6.60. The molecule has 0 atom stereocenters. The summed E-state index contributed by atoms with van der Waals surface area (Å²) in [6, 6.07) is 10.4. The van der Waals surface area contributed by atoms with Gasteiger partial charge < -0.3 is 16.2 Å². The van der Waals surface area contributed by atoms with E-state index in [1.165, 1.54) is 5.56 Å². The van der Waals surface area contributed by atoms with E-state index in [0.717, 1.165) is 66.6 Å². The average molecular weight is 353 g/mol. The predicted octanol–water partition coefficient (Wildman–Crippen LogP) is 2.81. The summed E-state index contributed by atoms with van der Waals surface area (Å²) in [5, 5.41) is 20.3. The third-order valence-electron chi connectivity index (χ3n) is 4.64. The minimum atomic E-state index is 0.274. The van der Waals surface area contributed by atoms with Crippen molar-refractivity contribution in [1.29, 1.82) is 0 Å². The Bertz CT molecular complexity index is 859. The molecule has 0 bridgehead atoms. The number of rotatable bonds is 9. The average Bonchev–Trinajstić information content (AvgIpc) is 3.02. The number of nitrogens with one attached hydrogen (secondary N) is 2. The Labute approximate surface area is 153 Å². The van der Waals surface area contributed by atoms with Crippen LogP contribution in [0, 0.1) is 6.92 Å². The number of nitrogens with zero attached hydrogens (tertiary/aromatic N) is 2. The number of pyridine rings is 1. The normalized spacial score (nSPS) is 11.3. The van der Waals surface area contributed by atoms with Crippen molar-refractivity contribution in [2.45, 2.75) is 32.6 Å². The minimum absolute atomic E-state index is 0.274. The smallest absolute Gasteiger partial charge is 0.158 e. The van der Waals surface area contributed by atoms with Gasteiger partial charge in [-0.15, -0.1) is 0 Å². The van der Waals surface area contributed by atoms with Crippen LogP contribution in [0.4, 0.5) is 5.82 Å². The van der Waals surface area contributed by atoms with Crippen LogP contribution in [-0.4, -0.2) is 40.0 Å². The van der Waals surface area contributed by atoms with E-state index >= 15 is 0 Å². The lowest BCUT2D eigenvalue weighted by molar-refractivity contribution is 0.283. The summed E-state index contributed by atoms with van der Waals surface area (Å²) in [6.45, 7) is 4.20. The van der Waals surface area contributed by atoms with Crippen LogP contribution in [0.2, 0.25) is 0 Å². The molecule has 5 N–H and O–H groups in total. The summed E-state index contributed by atoms with van der Waals surface area (Å²) in [5.74, 6) is 0.502. The first kappa shape index (κ1) is 18.4. The number of fused-ring (bicyclic) bond motifs is 1. The Morgan fingerprint density at radius 2 is 2.00 bits per heavy atom. The Morgan fingerprint density at radius 1 is 1.15 bits per heavy atom. The van der Waals surface area contributed by atoms with Gasteiger partial charge in [-0.1, -0.05) is 24.3 Å². The van der Waals surface area contributed by atoms with Crippen LogP contribution in [-0.2, 0) is 6.42 Å². The number of unbranched alkanes of at least 4 members (excludes halogenated alkanes) is 2. The third kappa shape index (κ3) is 4.20. The highest BCUT2D eigenvalue weighted by Gasteiger charge is 2.13. The molecule has 138 valence electrons. The van der Waals surface area contributed by atoms with Crippen molar-refractivity contribution in [2.24, 2.45) is 0 Å². The van der Waals surface area contributed by atoms with Gasteiger partial charge in [-0.25, -0.2) is 4.98 Å². The number of benzene rings is 1. The van der Waals surface area contributed by atoms with Gasteiger partial charge in [0.1, 0.15) is 0 Å². The van der Waals surface area contributed by atoms with Gasteiger partial charge in [0, 0.05) is 12.2 Å². The zero-order valence-electron chi connectivity index (χ0n) is 15.3. The summed E-state index contributed by atoms with van der Waals surface area (Å²) in [7, 11) is 0. The van der Waals surface area contributed by atoms with E-state index in [1.54, 1.807) is 0 Å². The highest BCUT2D eigenvalue weighted by Crippen LogP contribution is 2.28. The van der Waals surface area contributed by atoms with Crippen LogP contribution in [0.25, 0.3) is 22.3 Å². The van der Waals surface area contributed by atoms with Crippen molar-refractivity contribution in [3.8, 4) is 11.3 Å². The number of aliphatic hydroxyl groups excluding tert-OH is 1. The number of hydrogen-bond acceptors (Lipinski definition) is 5. The molecule has 0 saturated carbocycles. The lowest BCUT2D eigenvalue weighted by Gasteiger charge is -2.10. The van der Waals surface area contributed by atoms with E-state index < -0.39 is 0 Å². The van der Waals surface area contributed by atoms with E-state index in [4.69, 9.17) is 15.8 Å². The first-order valence-electron chi connectivity index (χ1n) is 9.21. The van der Waals surface area contributed by atoms with Crippen LogP contribution < -0.4 is 11.1 Å². The summed E-state index contributed by atoms with van der Waals surface area (Å²) in [4.78, 5) is 4.72. The lowest BCUT2D eigenvalue weighted by atomic mass is 10.0. The van der Waals surface area contributed by atoms with E-state index in [0.29, 0.717) is 5.82 Å². The molecular formula is C20H27N5O. The van der Waals surface area contributed by atoms with Gasteiger partial charge in [-0.3, -0.25) is 5.10 Å². The van der Waals surface area contributed by atoms with E-state index in [1.807, 2.05) is 12.1 Å². The summed E-state index contributed by atoms with van der Waals surface area (Å²) >= 11 is 0. The summed E-state index contributed by atoms with van der Waals surface area (Å²) in [6.07, 6.45) is 3.86.